The molecule has 0 spiro atoms. The van der Waals surface area contributed by atoms with Gasteiger partial charge in [0.25, 0.3) is 0 Å². The smallest absolute Gasteiger partial charge is 0.320 e. The third-order valence-corrected chi connectivity index (χ3v) is 3.95. The molecule has 2 aliphatic rings. The number of carbonyl (C=O) groups excluding carboxylic acids is 1. The molecule has 2 saturated heterocycles. The molecule has 2 heterocycles. The van der Waals surface area contributed by atoms with Crippen molar-refractivity contribution in [2.45, 2.75) is 18.9 Å². The van der Waals surface area contributed by atoms with E-state index in [0.29, 0.717) is 6.04 Å². The summed E-state index contributed by atoms with van der Waals surface area (Å²) in [5, 5.41) is 3.29. The molecule has 0 aromatic rings. The number of hydrogen-bond donors (Lipinski definition) is 1. The second-order valence-corrected chi connectivity index (χ2v) is 5.12. The molecular formula is C12H26Cl2N4O. The number of rotatable bonds is 1. The van der Waals surface area contributed by atoms with Gasteiger partial charge in [-0.3, -0.25) is 0 Å². The molecule has 5 nitrogen and oxygen atoms in total. The lowest BCUT2D eigenvalue weighted by Gasteiger charge is -2.38. The van der Waals surface area contributed by atoms with E-state index in [-0.39, 0.29) is 30.8 Å². The van der Waals surface area contributed by atoms with Crippen LogP contribution in [0.1, 0.15) is 12.8 Å². The third-order valence-electron chi connectivity index (χ3n) is 3.95. The Kier molecular flexibility index (Phi) is 8.74. The van der Waals surface area contributed by atoms with Crippen molar-refractivity contribution in [3.8, 4) is 0 Å². The van der Waals surface area contributed by atoms with E-state index < -0.39 is 0 Å². The Hall–Kier alpha value is -0.230. The topological polar surface area (TPSA) is 38.8 Å². The molecule has 0 bridgehead atoms. The van der Waals surface area contributed by atoms with E-state index in [9.17, 15) is 4.79 Å². The molecule has 0 aromatic heterocycles. The number of likely N-dealkylation sites (tertiary alicyclic amines) is 1. The minimum absolute atomic E-state index is 0. The van der Waals surface area contributed by atoms with Gasteiger partial charge in [-0.25, -0.2) is 4.79 Å². The number of piperidine rings is 1. The predicted molar refractivity (Wildman–Crippen MR) is 82.6 cm³/mol. The Balaban J connectivity index is 0.00000162. The number of amides is 2. The normalized spacial score (nSPS) is 21.6. The Morgan fingerprint density at radius 2 is 1.42 bits per heavy atom. The van der Waals surface area contributed by atoms with Crippen LogP contribution >= 0.6 is 24.8 Å². The summed E-state index contributed by atoms with van der Waals surface area (Å²) in [7, 11) is 4.11. The summed E-state index contributed by atoms with van der Waals surface area (Å²) in [4.78, 5) is 18.6. The summed E-state index contributed by atoms with van der Waals surface area (Å²) >= 11 is 0. The molecule has 0 atom stereocenters. The maximum Gasteiger partial charge on any atom is 0.320 e. The quantitative estimate of drug-likeness (QED) is 0.781. The summed E-state index contributed by atoms with van der Waals surface area (Å²) in [6, 6.07) is 0.833. The SMILES string of the molecule is CNC1CCN(C(=O)N2CCN(C)CC2)CC1.Cl.Cl. The highest BCUT2D eigenvalue weighted by Gasteiger charge is 2.27. The number of nitrogens with zero attached hydrogens (tertiary/aromatic N) is 3. The average Bonchev–Trinajstić information content (AvgIpc) is 2.39. The van der Waals surface area contributed by atoms with Crippen molar-refractivity contribution < 1.29 is 4.79 Å². The predicted octanol–water partition coefficient (Wildman–Crippen LogP) is 0.881. The fourth-order valence-electron chi connectivity index (χ4n) is 2.56. The number of urea groups is 1. The second-order valence-electron chi connectivity index (χ2n) is 5.12. The molecule has 0 saturated carbocycles. The first-order chi connectivity index (χ1) is 8.20. The molecule has 7 heteroatoms. The Bertz CT molecular complexity index is 264. The van der Waals surface area contributed by atoms with Crippen LogP contribution in [0.5, 0.6) is 0 Å². The van der Waals surface area contributed by atoms with Gasteiger partial charge in [-0.1, -0.05) is 0 Å². The van der Waals surface area contributed by atoms with Crippen molar-refractivity contribution in [3.63, 3.8) is 0 Å². The first-order valence-electron chi connectivity index (χ1n) is 6.60. The van der Waals surface area contributed by atoms with Crippen LogP contribution in [0.2, 0.25) is 0 Å². The van der Waals surface area contributed by atoms with E-state index >= 15 is 0 Å². The molecule has 2 fully saturated rings. The lowest BCUT2D eigenvalue weighted by atomic mass is 10.1. The van der Waals surface area contributed by atoms with E-state index in [1.165, 1.54) is 0 Å². The monoisotopic (exact) mass is 312 g/mol. The molecule has 2 aliphatic heterocycles. The largest absolute Gasteiger partial charge is 0.325 e. The molecule has 0 unspecified atom stereocenters. The summed E-state index contributed by atoms with van der Waals surface area (Å²) in [6.07, 6.45) is 2.16. The zero-order valence-corrected chi connectivity index (χ0v) is 13.4. The minimum Gasteiger partial charge on any atom is -0.325 e. The summed E-state index contributed by atoms with van der Waals surface area (Å²) in [5.74, 6) is 0. The highest BCUT2D eigenvalue weighted by molar-refractivity contribution is 5.85. The number of hydrogen-bond acceptors (Lipinski definition) is 3. The van der Waals surface area contributed by atoms with Crippen LogP contribution in [-0.2, 0) is 0 Å². The first kappa shape index (κ1) is 18.8. The second kappa shape index (κ2) is 8.84. The van der Waals surface area contributed by atoms with Crippen LogP contribution in [-0.4, -0.2) is 80.1 Å². The highest BCUT2D eigenvalue weighted by atomic mass is 35.5. The van der Waals surface area contributed by atoms with Crippen LogP contribution in [0.15, 0.2) is 0 Å². The van der Waals surface area contributed by atoms with E-state index in [1.807, 2.05) is 16.8 Å². The van der Waals surface area contributed by atoms with E-state index in [2.05, 4.69) is 17.3 Å². The van der Waals surface area contributed by atoms with Crippen LogP contribution < -0.4 is 5.32 Å². The maximum absolute atomic E-state index is 12.3. The van der Waals surface area contributed by atoms with Crippen molar-refractivity contribution in [2.75, 3.05) is 53.4 Å². The van der Waals surface area contributed by atoms with Crippen molar-refractivity contribution >= 4 is 30.8 Å². The zero-order chi connectivity index (χ0) is 12.3. The molecule has 19 heavy (non-hydrogen) atoms. The Morgan fingerprint density at radius 1 is 0.947 bits per heavy atom. The number of halogens is 2. The number of carbonyl (C=O) groups is 1. The molecule has 0 aromatic carbocycles. The summed E-state index contributed by atoms with van der Waals surface area (Å²) in [5.41, 5.74) is 0. The summed E-state index contributed by atoms with van der Waals surface area (Å²) < 4.78 is 0. The fourth-order valence-corrected chi connectivity index (χ4v) is 2.56. The van der Waals surface area contributed by atoms with Crippen LogP contribution in [0.25, 0.3) is 0 Å². The third kappa shape index (κ3) is 4.99. The van der Waals surface area contributed by atoms with Gasteiger partial charge in [0.15, 0.2) is 0 Å². The lowest BCUT2D eigenvalue weighted by Crippen LogP contribution is -2.54. The Morgan fingerprint density at radius 3 is 1.89 bits per heavy atom. The van der Waals surface area contributed by atoms with Crippen molar-refractivity contribution in [1.82, 2.24) is 20.0 Å². The molecule has 0 radical (unpaired) electrons. The molecule has 0 aliphatic carbocycles. The van der Waals surface area contributed by atoms with Crippen LogP contribution in [0.3, 0.4) is 0 Å². The number of likely N-dealkylation sites (N-methyl/N-ethyl adjacent to an activating group) is 1. The van der Waals surface area contributed by atoms with Crippen molar-refractivity contribution in [2.24, 2.45) is 0 Å². The zero-order valence-electron chi connectivity index (χ0n) is 11.8. The highest BCUT2D eigenvalue weighted by Crippen LogP contribution is 2.13. The van der Waals surface area contributed by atoms with Gasteiger partial charge in [0.2, 0.25) is 0 Å². The van der Waals surface area contributed by atoms with Gasteiger partial charge >= 0.3 is 6.03 Å². The van der Waals surface area contributed by atoms with Gasteiger partial charge in [0, 0.05) is 45.3 Å². The maximum atomic E-state index is 12.3. The van der Waals surface area contributed by atoms with Crippen molar-refractivity contribution in [3.05, 3.63) is 0 Å². The van der Waals surface area contributed by atoms with Crippen LogP contribution in [0.4, 0.5) is 4.79 Å². The average molecular weight is 313 g/mol. The van der Waals surface area contributed by atoms with Crippen LogP contribution in [0, 0.1) is 0 Å². The number of piperazine rings is 1. The number of nitrogens with one attached hydrogen (secondary N) is 1. The van der Waals surface area contributed by atoms with Gasteiger partial charge < -0.3 is 20.0 Å². The van der Waals surface area contributed by atoms with Crippen molar-refractivity contribution in [1.29, 1.82) is 0 Å². The van der Waals surface area contributed by atoms with Gasteiger partial charge in [0.05, 0.1) is 0 Å². The molecule has 2 rings (SSSR count). The van der Waals surface area contributed by atoms with Gasteiger partial charge in [0.1, 0.15) is 0 Å². The molecule has 114 valence electrons. The van der Waals surface area contributed by atoms with E-state index in [4.69, 9.17) is 0 Å². The van der Waals surface area contributed by atoms with Gasteiger partial charge in [-0.05, 0) is 26.9 Å². The minimum atomic E-state index is 0. The van der Waals surface area contributed by atoms with E-state index in [0.717, 1.165) is 52.1 Å². The first-order valence-corrected chi connectivity index (χ1v) is 6.60. The molecular weight excluding hydrogens is 287 g/mol. The van der Waals surface area contributed by atoms with Gasteiger partial charge in [-0.2, -0.15) is 0 Å². The molecule has 2 amide bonds. The lowest BCUT2D eigenvalue weighted by molar-refractivity contribution is 0.112. The summed E-state index contributed by atoms with van der Waals surface area (Å²) in [6.45, 7) is 5.55. The molecule has 1 N–H and O–H groups in total. The standard InChI is InChI=1S/C12H24N4O.2ClH/c1-13-11-3-5-15(6-4-11)12(17)16-9-7-14(2)8-10-16;;/h11,13H,3-10H2,1-2H3;2*1H. The van der Waals surface area contributed by atoms with E-state index in [1.54, 1.807) is 0 Å². The van der Waals surface area contributed by atoms with Gasteiger partial charge in [-0.15, -0.1) is 24.8 Å². The Labute approximate surface area is 128 Å². The fraction of sp³-hybridized carbons (Fsp3) is 0.917.